The zero-order valence-electron chi connectivity index (χ0n) is 9.41. The van der Waals surface area contributed by atoms with Crippen molar-refractivity contribution in [1.29, 1.82) is 0 Å². The summed E-state index contributed by atoms with van der Waals surface area (Å²) in [4.78, 5) is 33.1. The summed E-state index contributed by atoms with van der Waals surface area (Å²) < 4.78 is 0. The fraction of sp³-hybridized carbons (Fsp3) is 0. The van der Waals surface area contributed by atoms with E-state index in [1.807, 2.05) is 0 Å². The first-order valence-electron chi connectivity index (χ1n) is 5.35. The zero-order valence-corrected chi connectivity index (χ0v) is 9.41. The third-order valence-electron chi connectivity index (χ3n) is 2.83. The van der Waals surface area contributed by atoms with Crippen LogP contribution in [0.4, 0.5) is 17.1 Å². The van der Waals surface area contributed by atoms with Gasteiger partial charge >= 0.3 is 17.5 Å². The molecule has 2 aromatic carbocycles. The lowest BCUT2D eigenvalue weighted by atomic mass is 10.0. The molecule has 1 N–H and O–H groups in total. The van der Waals surface area contributed by atoms with Gasteiger partial charge in [-0.2, -0.15) is 5.32 Å². The molecule has 0 fully saturated rings. The Morgan fingerprint density at radius 3 is 2.68 bits per heavy atom. The first-order chi connectivity index (χ1) is 9.08. The first kappa shape index (κ1) is 11.1. The van der Waals surface area contributed by atoms with Gasteiger partial charge in [0, 0.05) is 0 Å². The second-order valence-corrected chi connectivity index (χ2v) is 3.97. The van der Waals surface area contributed by atoms with E-state index in [2.05, 4.69) is 10.6 Å². The van der Waals surface area contributed by atoms with Crippen LogP contribution in [0.15, 0.2) is 30.3 Å². The molecule has 1 radical (unpaired) electrons. The molecule has 7 heteroatoms. The molecule has 1 aliphatic rings. The minimum absolute atomic E-state index is 0.103. The van der Waals surface area contributed by atoms with Gasteiger partial charge in [0.15, 0.2) is 5.69 Å². The van der Waals surface area contributed by atoms with E-state index in [4.69, 9.17) is 0 Å². The number of anilines is 1. The Kier molecular flexibility index (Phi) is 2.21. The number of hydrogen-bond donors (Lipinski definition) is 1. The lowest BCUT2D eigenvalue weighted by Crippen LogP contribution is -2.33. The van der Waals surface area contributed by atoms with E-state index >= 15 is 0 Å². The number of rotatable bonds is 1. The van der Waals surface area contributed by atoms with Crippen LogP contribution in [0.25, 0.3) is 10.8 Å². The van der Waals surface area contributed by atoms with Crippen LogP contribution < -0.4 is 10.6 Å². The van der Waals surface area contributed by atoms with Gasteiger partial charge in [0.05, 0.1) is 16.0 Å². The highest BCUT2D eigenvalue weighted by molar-refractivity contribution is 6.43. The molecule has 3 rings (SSSR count). The van der Waals surface area contributed by atoms with Gasteiger partial charge in [-0.25, -0.2) is 0 Å². The molecule has 1 heterocycles. The zero-order chi connectivity index (χ0) is 13.6. The second kappa shape index (κ2) is 3.77. The maximum absolute atomic E-state index is 11.3. The summed E-state index contributed by atoms with van der Waals surface area (Å²) in [6.45, 7) is 0. The van der Waals surface area contributed by atoms with Crippen LogP contribution in [0.5, 0.6) is 0 Å². The predicted octanol–water partition coefficient (Wildman–Crippen LogP) is 1.46. The fourth-order valence-electron chi connectivity index (χ4n) is 2.04. The Hall–Kier alpha value is -2.96. The molecule has 0 atom stereocenters. The summed E-state index contributed by atoms with van der Waals surface area (Å²) in [6, 6.07) is 8.21. The van der Waals surface area contributed by atoms with Gasteiger partial charge in [0.2, 0.25) is 0 Å². The standard InChI is InChI=1S/C12H6N3O4/c16-11-12(17)14-9-8(13-11)5-6-3-1-2-4-7(6)10(9)15(18)19/h1-5H,(H,13,16). The van der Waals surface area contributed by atoms with Crippen molar-refractivity contribution in [2.24, 2.45) is 0 Å². The number of hydrogen-bond acceptors (Lipinski definition) is 4. The van der Waals surface area contributed by atoms with Gasteiger partial charge in [0.1, 0.15) is 0 Å². The smallest absolute Gasteiger partial charge is 0.316 e. The van der Waals surface area contributed by atoms with Gasteiger partial charge in [-0.15, -0.1) is 0 Å². The molecule has 7 nitrogen and oxygen atoms in total. The number of carbonyl (C=O) groups excluding carboxylic acids is 2. The van der Waals surface area contributed by atoms with Crippen LogP contribution in [0.3, 0.4) is 0 Å². The van der Waals surface area contributed by atoms with Crippen molar-refractivity contribution in [3.05, 3.63) is 40.4 Å². The second-order valence-electron chi connectivity index (χ2n) is 3.97. The molecular weight excluding hydrogens is 250 g/mol. The third-order valence-corrected chi connectivity index (χ3v) is 2.83. The molecule has 93 valence electrons. The van der Waals surface area contributed by atoms with E-state index < -0.39 is 16.7 Å². The van der Waals surface area contributed by atoms with Gasteiger partial charge in [-0.3, -0.25) is 19.7 Å². The minimum Gasteiger partial charge on any atom is -0.316 e. The Bertz CT molecular complexity index is 754. The number of nitrogens with one attached hydrogen (secondary N) is 1. The van der Waals surface area contributed by atoms with Gasteiger partial charge < -0.3 is 5.32 Å². The molecule has 0 aliphatic carbocycles. The molecule has 0 aromatic heterocycles. The summed E-state index contributed by atoms with van der Waals surface area (Å²) >= 11 is 0. The van der Waals surface area contributed by atoms with Crippen LogP contribution in [-0.2, 0) is 9.59 Å². The van der Waals surface area contributed by atoms with Crippen molar-refractivity contribution in [2.45, 2.75) is 0 Å². The Balaban J connectivity index is 2.39. The lowest BCUT2D eigenvalue weighted by molar-refractivity contribution is -0.382. The molecule has 0 saturated heterocycles. The van der Waals surface area contributed by atoms with Crippen LogP contribution in [0.1, 0.15) is 0 Å². The monoisotopic (exact) mass is 256 g/mol. The Labute approximate surface area is 106 Å². The Morgan fingerprint density at radius 1 is 1.21 bits per heavy atom. The van der Waals surface area contributed by atoms with Crippen molar-refractivity contribution in [1.82, 2.24) is 5.32 Å². The van der Waals surface area contributed by atoms with E-state index in [1.165, 1.54) is 0 Å². The van der Waals surface area contributed by atoms with Crippen molar-refractivity contribution < 1.29 is 14.5 Å². The van der Waals surface area contributed by atoms with E-state index in [0.29, 0.717) is 10.8 Å². The largest absolute Gasteiger partial charge is 0.336 e. The van der Waals surface area contributed by atoms with Crippen molar-refractivity contribution in [3.63, 3.8) is 0 Å². The van der Waals surface area contributed by atoms with E-state index in [1.54, 1.807) is 30.3 Å². The number of nitrogens with zero attached hydrogens (tertiary/aromatic N) is 2. The van der Waals surface area contributed by atoms with Crippen molar-refractivity contribution in [2.75, 3.05) is 5.32 Å². The van der Waals surface area contributed by atoms with Crippen LogP contribution >= 0.6 is 0 Å². The third kappa shape index (κ3) is 1.60. The number of amides is 2. The quantitative estimate of drug-likeness (QED) is 0.473. The lowest BCUT2D eigenvalue weighted by Gasteiger charge is -2.16. The topological polar surface area (TPSA) is 103 Å². The van der Waals surface area contributed by atoms with Gasteiger partial charge in [0.25, 0.3) is 0 Å². The molecular formula is C12H6N3O4. The molecule has 1 aliphatic heterocycles. The molecule has 19 heavy (non-hydrogen) atoms. The van der Waals surface area contributed by atoms with E-state index in [9.17, 15) is 19.7 Å². The normalized spacial score (nSPS) is 13.7. The van der Waals surface area contributed by atoms with Crippen molar-refractivity contribution >= 4 is 39.6 Å². The SMILES string of the molecule is O=C1[N]c2c(cc3ccccc3c2[N+](=O)[O-])NC1=O. The van der Waals surface area contributed by atoms with Gasteiger partial charge in [-0.1, -0.05) is 18.2 Å². The highest BCUT2D eigenvalue weighted by Gasteiger charge is 2.32. The maximum atomic E-state index is 11.3. The molecule has 0 saturated carbocycles. The van der Waals surface area contributed by atoms with E-state index in [0.717, 1.165) is 0 Å². The molecule has 2 aromatic rings. The van der Waals surface area contributed by atoms with Crippen LogP contribution in [-0.4, -0.2) is 16.7 Å². The number of carbonyl (C=O) groups is 2. The summed E-state index contributed by atoms with van der Waals surface area (Å²) in [7, 11) is 0. The summed E-state index contributed by atoms with van der Waals surface area (Å²) in [5, 5.41) is 18.0. The maximum Gasteiger partial charge on any atom is 0.336 e. The molecule has 0 spiro atoms. The number of nitro groups is 1. The fourth-order valence-corrected chi connectivity index (χ4v) is 2.04. The minimum atomic E-state index is -1.04. The van der Waals surface area contributed by atoms with Crippen LogP contribution in [0.2, 0.25) is 0 Å². The number of nitro benzene ring substituents is 1. The van der Waals surface area contributed by atoms with Crippen LogP contribution in [0, 0.1) is 10.1 Å². The molecule has 2 amide bonds. The van der Waals surface area contributed by atoms with Crippen molar-refractivity contribution in [3.8, 4) is 0 Å². The summed E-state index contributed by atoms with van der Waals surface area (Å²) in [5.41, 5.74) is -0.204. The Morgan fingerprint density at radius 2 is 1.95 bits per heavy atom. The highest BCUT2D eigenvalue weighted by atomic mass is 16.6. The predicted molar refractivity (Wildman–Crippen MR) is 66.0 cm³/mol. The number of benzene rings is 2. The molecule has 0 unspecified atom stereocenters. The highest BCUT2D eigenvalue weighted by Crippen LogP contribution is 2.41. The van der Waals surface area contributed by atoms with E-state index in [-0.39, 0.29) is 17.1 Å². The first-order valence-corrected chi connectivity index (χ1v) is 5.35. The van der Waals surface area contributed by atoms with Gasteiger partial charge in [-0.05, 0) is 17.5 Å². The average molecular weight is 256 g/mol. The average Bonchev–Trinajstić information content (AvgIpc) is 2.37. The molecule has 0 bridgehead atoms. The summed E-state index contributed by atoms with van der Waals surface area (Å²) in [6.07, 6.45) is 0. The summed E-state index contributed by atoms with van der Waals surface area (Å²) in [5.74, 6) is -1.93. The number of fused-ring (bicyclic) bond motifs is 2.